The lowest BCUT2D eigenvalue weighted by molar-refractivity contribution is -0.127. The van der Waals surface area contributed by atoms with Crippen molar-refractivity contribution >= 4 is 11.9 Å². The molecule has 0 unspecified atom stereocenters. The summed E-state index contributed by atoms with van der Waals surface area (Å²) in [5, 5.41) is 3.19. The van der Waals surface area contributed by atoms with Gasteiger partial charge in [0.1, 0.15) is 5.75 Å². The first kappa shape index (κ1) is 24.8. The Bertz CT molecular complexity index is 926. The number of amides is 1. The van der Waals surface area contributed by atoms with E-state index in [-0.39, 0.29) is 12.5 Å². The van der Waals surface area contributed by atoms with Gasteiger partial charge in [0.05, 0.1) is 34.4 Å². The van der Waals surface area contributed by atoms with Gasteiger partial charge in [0.2, 0.25) is 5.91 Å². The number of aliphatic imine (C=N–C) groups is 1. The number of hydrogen-bond donors (Lipinski definition) is 1. The summed E-state index contributed by atoms with van der Waals surface area (Å²) in [6.07, 6.45) is 0. The number of aryl methyl sites for hydroxylation is 1. The smallest absolute Gasteiger partial charge is 0.241 e. The van der Waals surface area contributed by atoms with Crippen LogP contribution in [0.3, 0.4) is 0 Å². The number of rotatable bonds is 9. The molecule has 174 valence electrons. The number of methoxy groups -OCH3 is 3. The number of carbonyl (C=O) groups excluding carboxylic acids is 1. The van der Waals surface area contributed by atoms with E-state index in [1.54, 1.807) is 40.3 Å². The number of hydrogen-bond acceptors (Lipinski definition) is 5. The molecule has 0 bridgehead atoms. The fourth-order valence-corrected chi connectivity index (χ4v) is 3.04. The summed E-state index contributed by atoms with van der Waals surface area (Å²) in [7, 11) is 10.3. The lowest BCUT2D eigenvalue weighted by Gasteiger charge is -2.24. The molecule has 0 aliphatic carbocycles. The third-order valence-electron chi connectivity index (χ3n) is 5.08. The van der Waals surface area contributed by atoms with Crippen molar-refractivity contribution in [2.75, 3.05) is 49.0 Å². The van der Waals surface area contributed by atoms with Crippen molar-refractivity contribution in [3.63, 3.8) is 0 Å². The van der Waals surface area contributed by atoms with Crippen molar-refractivity contribution < 1.29 is 19.0 Å². The van der Waals surface area contributed by atoms with Crippen molar-refractivity contribution in [2.24, 2.45) is 4.99 Å². The van der Waals surface area contributed by atoms with Crippen LogP contribution in [0, 0.1) is 6.92 Å². The zero-order valence-corrected chi connectivity index (χ0v) is 20.1. The van der Waals surface area contributed by atoms with Crippen LogP contribution in [0.4, 0.5) is 0 Å². The maximum absolute atomic E-state index is 12.1. The second-order valence-electron chi connectivity index (χ2n) is 7.62. The molecule has 2 rings (SSSR count). The molecule has 0 saturated carbocycles. The highest BCUT2D eigenvalue weighted by molar-refractivity contribution is 5.86. The minimum atomic E-state index is -0.0298. The fraction of sp³-hybridized carbons (Fsp3) is 0.417. The summed E-state index contributed by atoms with van der Waals surface area (Å²) in [6, 6.07) is 11.7. The zero-order valence-electron chi connectivity index (χ0n) is 20.1. The average Bonchev–Trinajstić information content (AvgIpc) is 2.79. The normalized spacial score (nSPS) is 11.0. The van der Waals surface area contributed by atoms with Crippen molar-refractivity contribution in [1.82, 2.24) is 15.1 Å². The molecule has 8 nitrogen and oxygen atoms in total. The summed E-state index contributed by atoms with van der Waals surface area (Å²) >= 11 is 0. The Hall–Kier alpha value is -3.42. The quantitative estimate of drug-likeness (QED) is 0.475. The summed E-state index contributed by atoms with van der Waals surface area (Å²) in [4.78, 5) is 20.4. The molecule has 0 fully saturated rings. The summed E-state index contributed by atoms with van der Waals surface area (Å²) in [6.45, 7) is 3.24. The van der Waals surface area contributed by atoms with Crippen LogP contribution in [0.5, 0.6) is 17.2 Å². The van der Waals surface area contributed by atoms with Crippen molar-refractivity contribution in [3.8, 4) is 17.2 Å². The van der Waals surface area contributed by atoms with Gasteiger partial charge < -0.3 is 29.3 Å². The number of nitrogens with one attached hydrogen (secondary N) is 1. The molecule has 0 aromatic heterocycles. The largest absolute Gasteiger partial charge is 0.497 e. The predicted octanol–water partition coefficient (Wildman–Crippen LogP) is 2.69. The molecule has 1 amide bonds. The van der Waals surface area contributed by atoms with E-state index in [1.165, 1.54) is 0 Å². The number of carbonyl (C=O) groups is 1. The van der Waals surface area contributed by atoms with E-state index in [1.807, 2.05) is 55.3 Å². The van der Waals surface area contributed by atoms with E-state index in [4.69, 9.17) is 19.2 Å². The van der Waals surface area contributed by atoms with Crippen LogP contribution in [-0.2, 0) is 17.9 Å². The van der Waals surface area contributed by atoms with E-state index in [0.717, 1.165) is 22.4 Å². The summed E-state index contributed by atoms with van der Waals surface area (Å²) < 4.78 is 16.1. The number of guanidine groups is 1. The predicted molar refractivity (Wildman–Crippen MR) is 127 cm³/mol. The van der Waals surface area contributed by atoms with Gasteiger partial charge in [-0.2, -0.15) is 0 Å². The minimum absolute atomic E-state index is 0.0298. The highest BCUT2D eigenvalue weighted by Gasteiger charge is 2.14. The first-order valence-corrected chi connectivity index (χ1v) is 10.3. The minimum Gasteiger partial charge on any atom is -0.497 e. The Kier molecular flexibility index (Phi) is 9.19. The topological polar surface area (TPSA) is 75.6 Å². The lowest BCUT2D eigenvalue weighted by Crippen LogP contribution is -2.43. The molecule has 0 heterocycles. The second-order valence-corrected chi connectivity index (χ2v) is 7.62. The average molecular weight is 443 g/mol. The molecule has 0 aliphatic heterocycles. The molecule has 0 atom stereocenters. The number of likely N-dealkylation sites (N-methyl/N-ethyl adjacent to an activating group) is 1. The van der Waals surface area contributed by atoms with Crippen LogP contribution in [0.15, 0.2) is 41.4 Å². The van der Waals surface area contributed by atoms with Gasteiger partial charge >= 0.3 is 0 Å². The van der Waals surface area contributed by atoms with Gasteiger partial charge in [-0.15, -0.1) is 0 Å². The van der Waals surface area contributed by atoms with Crippen LogP contribution < -0.4 is 19.5 Å². The van der Waals surface area contributed by atoms with Crippen LogP contribution in [0.2, 0.25) is 0 Å². The third kappa shape index (κ3) is 6.80. The van der Waals surface area contributed by atoms with Gasteiger partial charge in [-0.25, -0.2) is 4.99 Å². The van der Waals surface area contributed by atoms with Crippen LogP contribution in [0.1, 0.15) is 16.7 Å². The maximum Gasteiger partial charge on any atom is 0.241 e. The van der Waals surface area contributed by atoms with Crippen molar-refractivity contribution in [3.05, 3.63) is 53.1 Å². The molecule has 32 heavy (non-hydrogen) atoms. The molecule has 2 aromatic rings. The Morgan fingerprint density at radius 2 is 1.59 bits per heavy atom. The highest BCUT2D eigenvalue weighted by atomic mass is 16.5. The molecular weight excluding hydrogens is 408 g/mol. The third-order valence-corrected chi connectivity index (χ3v) is 5.08. The van der Waals surface area contributed by atoms with E-state index in [0.29, 0.717) is 30.5 Å². The van der Waals surface area contributed by atoms with Gasteiger partial charge in [0.15, 0.2) is 17.5 Å². The van der Waals surface area contributed by atoms with E-state index in [2.05, 4.69) is 5.32 Å². The van der Waals surface area contributed by atoms with E-state index < -0.39 is 0 Å². The van der Waals surface area contributed by atoms with Gasteiger partial charge in [0.25, 0.3) is 0 Å². The first-order chi connectivity index (χ1) is 15.3. The van der Waals surface area contributed by atoms with E-state index >= 15 is 0 Å². The van der Waals surface area contributed by atoms with Crippen molar-refractivity contribution in [2.45, 2.75) is 20.0 Å². The van der Waals surface area contributed by atoms with Gasteiger partial charge in [-0.05, 0) is 47.9 Å². The molecular formula is C24H34N4O4. The summed E-state index contributed by atoms with van der Waals surface area (Å²) in [5.41, 5.74) is 3.19. The Balaban J connectivity index is 2.24. The van der Waals surface area contributed by atoms with Gasteiger partial charge in [-0.3, -0.25) is 4.79 Å². The van der Waals surface area contributed by atoms with Crippen molar-refractivity contribution in [1.29, 1.82) is 0 Å². The Morgan fingerprint density at radius 3 is 2.16 bits per heavy atom. The number of ether oxygens (including phenoxy) is 3. The fourth-order valence-electron chi connectivity index (χ4n) is 3.04. The monoisotopic (exact) mass is 442 g/mol. The van der Waals surface area contributed by atoms with Gasteiger partial charge in [-0.1, -0.05) is 12.1 Å². The Morgan fingerprint density at radius 1 is 0.969 bits per heavy atom. The van der Waals surface area contributed by atoms with E-state index in [9.17, 15) is 4.79 Å². The lowest BCUT2D eigenvalue weighted by atomic mass is 10.1. The molecule has 8 heteroatoms. The maximum atomic E-state index is 12.1. The molecule has 0 spiro atoms. The number of benzene rings is 2. The number of nitrogens with zero attached hydrogens (tertiary/aromatic N) is 3. The standard InChI is InChI=1S/C24H34N4O4/c1-17-12-21(31-6)22(32-7)13-19(17)16-28(4)24(26-15-23(29)27(2)3)25-14-18-8-10-20(30-5)11-9-18/h8-13H,14-16H2,1-7H3,(H,25,26). The van der Waals surface area contributed by atoms with Crippen LogP contribution in [-0.4, -0.2) is 70.7 Å². The second kappa shape index (κ2) is 11.8. The van der Waals surface area contributed by atoms with Crippen LogP contribution in [0.25, 0.3) is 0 Å². The zero-order chi connectivity index (χ0) is 23.7. The Labute approximate surface area is 190 Å². The first-order valence-electron chi connectivity index (χ1n) is 10.3. The summed E-state index contributed by atoms with van der Waals surface area (Å²) in [5.74, 6) is 2.77. The van der Waals surface area contributed by atoms with Gasteiger partial charge in [0, 0.05) is 27.7 Å². The molecule has 2 aromatic carbocycles. The molecule has 0 aliphatic rings. The molecule has 0 saturated heterocycles. The SMILES string of the molecule is COc1ccc(CN=C(NCC(=O)N(C)C)N(C)Cc2cc(OC)c(OC)cc2C)cc1. The molecule has 1 N–H and O–H groups in total. The highest BCUT2D eigenvalue weighted by Crippen LogP contribution is 2.30. The molecule has 0 radical (unpaired) electrons. The van der Waals surface area contributed by atoms with Crippen LogP contribution >= 0.6 is 0 Å².